The summed E-state index contributed by atoms with van der Waals surface area (Å²) in [5.74, 6) is -1.04. The van der Waals surface area contributed by atoms with Crippen LogP contribution in [0.15, 0.2) is 12.7 Å². The number of hydrogen-bond acceptors (Lipinski definition) is 11. The van der Waals surface area contributed by atoms with Crippen LogP contribution in [0.5, 0.6) is 0 Å². The van der Waals surface area contributed by atoms with E-state index in [0.717, 1.165) is 0 Å². The van der Waals surface area contributed by atoms with Crippen LogP contribution in [-0.2, 0) is 39.4 Å². The first kappa shape index (κ1) is 29.6. The fourth-order valence-electron chi connectivity index (χ4n) is 3.15. The van der Waals surface area contributed by atoms with Crippen molar-refractivity contribution in [2.24, 2.45) is 0 Å². The lowest BCUT2D eigenvalue weighted by Crippen LogP contribution is -2.47. The van der Waals surface area contributed by atoms with Gasteiger partial charge in [0.25, 0.3) is 7.52 Å². The summed E-state index contributed by atoms with van der Waals surface area (Å²) in [5, 5.41) is 2.74. The van der Waals surface area contributed by atoms with Crippen LogP contribution in [0.25, 0.3) is 11.2 Å². The summed E-state index contributed by atoms with van der Waals surface area (Å²) in [7, 11) is -3.92. The lowest BCUT2D eigenvalue weighted by atomic mass is 10.1. The van der Waals surface area contributed by atoms with Crippen molar-refractivity contribution in [3.63, 3.8) is 0 Å². The van der Waals surface area contributed by atoms with E-state index in [2.05, 4.69) is 20.0 Å². The monoisotopic (exact) mass is 528 g/mol. The van der Waals surface area contributed by atoms with Gasteiger partial charge in [0.1, 0.15) is 23.7 Å². The average Bonchev–Trinajstić information content (AvgIpc) is 3.19. The predicted octanol–water partition coefficient (Wildman–Crippen LogP) is 2.64. The minimum absolute atomic E-state index is 0.215. The number of carbonyl (C=O) groups excluding carboxylic acids is 2. The summed E-state index contributed by atoms with van der Waals surface area (Å²) in [6.45, 7) is 12.0. The quantitative estimate of drug-likeness (QED) is 0.272. The molecule has 202 valence electrons. The van der Waals surface area contributed by atoms with Gasteiger partial charge in [0.2, 0.25) is 0 Å². The Morgan fingerprint density at radius 1 is 1.19 bits per heavy atom. The molecule has 14 heteroatoms. The number of aromatic nitrogens is 4. The largest absolute Gasteiger partial charge is 0.464 e. The molecule has 3 N–H and O–H groups in total. The maximum atomic E-state index is 13.8. The third-order valence-electron chi connectivity index (χ3n) is 4.82. The number of nitrogen functional groups attached to an aromatic ring is 1. The third kappa shape index (κ3) is 8.22. The second-order valence-corrected chi connectivity index (χ2v) is 11.3. The first-order valence-corrected chi connectivity index (χ1v) is 13.6. The van der Waals surface area contributed by atoms with Gasteiger partial charge in [-0.3, -0.25) is 9.36 Å². The molecule has 3 atom stereocenters. The zero-order valence-electron chi connectivity index (χ0n) is 21.9. The minimum Gasteiger partial charge on any atom is -0.464 e. The fraction of sp³-hybridized carbons (Fsp3) is 0.682. The minimum atomic E-state index is -3.92. The smallest absolute Gasteiger partial charge is 0.335 e. The van der Waals surface area contributed by atoms with Gasteiger partial charge in [0.15, 0.2) is 17.6 Å². The molecule has 13 nitrogen and oxygen atoms in total. The lowest BCUT2D eigenvalue weighted by Gasteiger charge is -2.31. The van der Waals surface area contributed by atoms with Crippen LogP contribution in [0.3, 0.4) is 0 Å². The first-order valence-electron chi connectivity index (χ1n) is 11.8. The Balaban J connectivity index is 2.16. The van der Waals surface area contributed by atoms with Crippen LogP contribution in [0.2, 0.25) is 0 Å². The SMILES string of the molecule is CCCOC(=O)C(C)(C)N[P@](=O)(CO[C@H](C)Cn1cnc2c(N)ncnc21)O[C@@H](C)C(=O)OC(C)C. The van der Waals surface area contributed by atoms with E-state index in [1.807, 2.05) is 6.92 Å². The van der Waals surface area contributed by atoms with Crippen LogP contribution >= 0.6 is 7.52 Å². The molecule has 2 aromatic rings. The standard InChI is InChI=1S/C22H37N6O7P/c1-8-9-32-21(30)22(6,7)27-36(31,35-16(5)20(29)34-14(2)3)13-33-15(4)10-28-12-26-17-18(23)24-11-25-19(17)28/h11-12,14-16H,8-10,13H2,1-7H3,(H,27,31)(H2,23,24,25)/t15-,16+,36+/m1/s1. The highest BCUT2D eigenvalue weighted by atomic mass is 31.2. The molecule has 0 aliphatic carbocycles. The maximum absolute atomic E-state index is 13.8. The van der Waals surface area contributed by atoms with Gasteiger partial charge >= 0.3 is 11.9 Å². The normalized spacial score (nSPS) is 15.4. The molecular weight excluding hydrogens is 491 g/mol. The van der Waals surface area contributed by atoms with Crippen molar-refractivity contribution < 1.29 is 32.9 Å². The number of nitrogens with one attached hydrogen (secondary N) is 1. The van der Waals surface area contributed by atoms with Crippen molar-refractivity contribution in [2.45, 2.75) is 85.3 Å². The van der Waals surface area contributed by atoms with E-state index in [9.17, 15) is 14.2 Å². The lowest BCUT2D eigenvalue weighted by molar-refractivity contribution is -0.155. The molecule has 2 heterocycles. The molecule has 2 rings (SSSR count). The van der Waals surface area contributed by atoms with E-state index >= 15 is 0 Å². The van der Waals surface area contributed by atoms with E-state index in [-0.39, 0.29) is 18.5 Å². The number of fused-ring (bicyclic) bond motifs is 1. The first-order chi connectivity index (χ1) is 16.8. The van der Waals surface area contributed by atoms with Crippen LogP contribution < -0.4 is 10.8 Å². The molecule has 0 aromatic carbocycles. The summed E-state index contributed by atoms with van der Waals surface area (Å²) < 4.78 is 37.4. The van der Waals surface area contributed by atoms with Gasteiger partial charge in [-0.25, -0.2) is 24.8 Å². The maximum Gasteiger partial charge on any atom is 0.335 e. The summed E-state index contributed by atoms with van der Waals surface area (Å²) in [6.07, 6.45) is 1.06. The number of ether oxygens (including phenoxy) is 3. The number of carbonyl (C=O) groups is 2. The Bertz CT molecular complexity index is 1090. The van der Waals surface area contributed by atoms with Crippen molar-refractivity contribution in [1.29, 1.82) is 0 Å². The average molecular weight is 529 g/mol. The van der Waals surface area contributed by atoms with Gasteiger partial charge < -0.3 is 29.0 Å². The van der Waals surface area contributed by atoms with Crippen LogP contribution in [-0.4, -0.2) is 68.3 Å². The molecule has 0 spiro atoms. The zero-order chi connectivity index (χ0) is 27.1. The van der Waals surface area contributed by atoms with Gasteiger partial charge in [0.05, 0.1) is 31.7 Å². The van der Waals surface area contributed by atoms with E-state index in [1.165, 1.54) is 27.1 Å². The van der Waals surface area contributed by atoms with E-state index in [1.54, 1.807) is 31.7 Å². The van der Waals surface area contributed by atoms with Crippen LogP contribution in [0.4, 0.5) is 5.82 Å². The van der Waals surface area contributed by atoms with Crippen molar-refractivity contribution in [1.82, 2.24) is 24.6 Å². The predicted molar refractivity (Wildman–Crippen MR) is 133 cm³/mol. The highest BCUT2D eigenvalue weighted by Crippen LogP contribution is 2.46. The van der Waals surface area contributed by atoms with Crippen molar-refractivity contribution in [3.8, 4) is 0 Å². The van der Waals surface area contributed by atoms with E-state index in [4.69, 9.17) is 24.5 Å². The van der Waals surface area contributed by atoms with Gasteiger partial charge in [-0.1, -0.05) is 6.92 Å². The van der Waals surface area contributed by atoms with E-state index < -0.39 is 43.6 Å². The summed E-state index contributed by atoms with van der Waals surface area (Å²) in [5.41, 5.74) is 5.45. The molecule has 0 amide bonds. The van der Waals surface area contributed by atoms with Gasteiger partial charge in [-0.05, 0) is 48.0 Å². The number of imidazole rings is 1. The Kier molecular flexibility index (Phi) is 10.4. The topological polar surface area (TPSA) is 170 Å². The molecule has 36 heavy (non-hydrogen) atoms. The molecule has 0 saturated carbocycles. The molecule has 0 unspecified atom stereocenters. The molecule has 0 aliphatic rings. The van der Waals surface area contributed by atoms with Crippen LogP contribution in [0.1, 0.15) is 54.9 Å². The van der Waals surface area contributed by atoms with Gasteiger partial charge in [0, 0.05) is 0 Å². The summed E-state index contributed by atoms with van der Waals surface area (Å²) in [6, 6.07) is 0. The van der Waals surface area contributed by atoms with E-state index in [0.29, 0.717) is 24.1 Å². The molecule has 0 bridgehead atoms. The second kappa shape index (κ2) is 12.6. The number of nitrogens with two attached hydrogens (primary N) is 1. The molecule has 0 radical (unpaired) electrons. The third-order valence-corrected chi connectivity index (χ3v) is 6.87. The zero-order valence-corrected chi connectivity index (χ0v) is 22.8. The second-order valence-electron chi connectivity index (χ2n) is 9.21. The van der Waals surface area contributed by atoms with Crippen LogP contribution in [0, 0.1) is 0 Å². The van der Waals surface area contributed by atoms with Gasteiger partial charge in [-0.15, -0.1) is 0 Å². The molecule has 0 saturated heterocycles. The number of nitrogens with zero attached hydrogens (tertiary/aromatic N) is 4. The Hall–Kier alpha value is -2.60. The number of esters is 2. The Labute approximate surface area is 210 Å². The van der Waals surface area contributed by atoms with Crippen molar-refractivity contribution in [3.05, 3.63) is 12.7 Å². The fourth-order valence-corrected chi connectivity index (χ4v) is 5.32. The van der Waals surface area contributed by atoms with Crippen molar-refractivity contribution in [2.75, 3.05) is 18.7 Å². The molecule has 0 aliphatic heterocycles. The summed E-state index contributed by atoms with van der Waals surface area (Å²) >= 11 is 0. The number of anilines is 1. The molecule has 0 fully saturated rings. The van der Waals surface area contributed by atoms with Gasteiger partial charge in [-0.2, -0.15) is 0 Å². The Morgan fingerprint density at radius 3 is 2.53 bits per heavy atom. The number of hydrogen-bond donors (Lipinski definition) is 2. The highest BCUT2D eigenvalue weighted by molar-refractivity contribution is 7.56. The highest BCUT2D eigenvalue weighted by Gasteiger charge is 2.40. The number of rotatable bonds is 14. The van der Waals surface area contributed by atoms with Crippen molar-refractivity contribution >= 4 is 36.4 Å². The Morgan fingerprint density at radius 2 is 1.89 bits per heavy atom. The molecular formula is C22H37N6O7P. The summed E-state index contributed by atoms with van der Waals surface area (Å²) in [4.78, 5) is 37.2. The molecule has 2 aromatic heterocycles.